The Bertz CT molecular complexity index is 148. The Hall–Kier alpha value is -0.200. The van der Waals surface area contributed by atoms with Gasteiger partial charge in [0, 0.05) is 34.4 Å². The Morgan fingerprint density at radius 3 is 2.18 bits per heavy atom. The fraction of sp³-hybridized carbons (Fsp3) is 1.00. The highest BCUT2D eigenvalue weighted by atomic mass is 16.5. The molecule has 0 aliphatic heterocycles. The first kappa shape index (κ1) is 16.8. The number of ether oxygens (including phenoxy) is 3. The molecule has 0 saturated carbocycles. The standard InChI is InChI=1S/C12H28N2O3/c1-15-9-8-13-6-4-5-7-14-10-12(17-3)11-16-2/h12-14H,4-11H2,1-3H3. The molecule has 1 unspecified atom stereocenters. The summed E-state index contributed by atoms with van der Waals surface area (Å²) in [5.41, 5.74) is 0. The van der Waals surface area contributed by atoms with Crippen molar-refractivity contribution >= 4 is 0 Å². The van der Waals surface area contributed by atoms with Crippen LogP contribution in [0.15, 0.2) is 0 Å². The minimum atomic E-state index is 0.153. The van der Waals surface area contributed by atoms with Gasteiger partial charge in [-0.3, -0.25) is 0 Å². The molecule has 17 heavy (non-hydrogen) atoms. The first-order chi connectivity index (χ1) is 8.35. The molecule has 0 fully saturated rings. The van der Waals surface area contributed by atoms with Gasteiger partial charge in [0.05, 0.1) is 19.3 Å². The Balaban J connectivity index is 3.11. The highest BCUT2D eigenvalue weighted by Crippen LogP contribution is 1.90. The summed E-state index contributed by atoms with van der Waals surface area (Å²) in [6.07, 6.45) is 2.50. The monoisotopic (exact) mass is 248 g/mol. The fourth-order valence-corrected chi connectivity index (χ4v) is 1.46. The quantitative estimate of drug-likeness (QED) is 0.458. The third-order valence-corrected chi connectivity index (χ3v) is 2.50. The third-order valence-electron chi connectivity index (χ3n) is 2.50. The average molecular weight is 248 g/mol. The van der Waals surface area contributed by atoms with E-state index in [9.17, 15) is 0 Å². The predicted octanol–water partition coefficient (Wildman–Crippen LogP) is 0.254. The van der Waals surface area contributed by atoms with Crippen molar-refractivity contribution in [3.8, 4) is 0 Å². The topological polar surface area (TPSA) is 51.8 Å². The Kier molecular flexibility index (Phi) is 13.7. The van der Waals surface area contributed by atoms with Crippen LogP contribution in [0.5, 0.6) is 0 Å². The van der Waals surface area contributed by atoms with Gasteiger partial charge >= 0.3 is 0 Å². The molecule has 0 amide bonds. The molecular weight excluding hydrogens is 220 g/mol. The van der Waals surface area contributed by atoms with Gasteiger partial charge in [0.1, 0.15) is 0 Å². The molecule has 0 aromatic carbocycles. The van der Waals surface area contributed by atoms with Crippen LogP contribution >= 0.6 is 0 Å². The summed E-state index contributed by atoms with van der Waals surface area (Å²) in [7, 11) is 5.13. The first-order valence-electron chi connectivity index (χ1n) is 6.27. The molecule has 5 heteroatoms. The second-order valence-corrected chi connectivity index (χ2v) is 3.97. The third kappa shape index (κ3) is 12.1. The van der Waals surface area contributed by atoms with Gasteiger partial charge in [0.15, 0.2) is 0 Å². The van der Waals surface area contributed by atoms with E-state index in [-0.39, 0.29) is 6.10 Å². The number of nitrogens with one attached hydrogen (secondary N) is 2. The molecule has 5 nitrogen and oxygen atoms in total. The lowest BCUT2D eigenvalue weighted by atomic mass is 10.3. The van der Waals surface area contributed by atoms with Crippen molar-refractivity contribution in [2.75, 3.05) is 60.7 Å². The summed E-state index contributed by atoms with van der Waals surface area (Å²) in [6.45, 7) is 5.28. The highest BCUT2D eigenvalue weighted by Gasteiger charge is 2.04. The van der Waals surface area contributed by atoms with Gasteiger partial charge in [0.2, 0.25) is 0 Å². The number of unbranched alkanes of at least 4 members (excludes halogenated alkanes) is 1. The van der Waals surface area contributed by atoms with Crippen molar-refractivity contribution in [1.29, 1.82) is 0 Å². The molecule has 0 aromatic heterocycles. The predicted molar refractivity (Wildman–Crippen MR) is 69.5 cm³/mol. The maximum atomic E-state index is 5.25. The van der Waals surface area contributed by atoms with Gasteiger partial charge in [0.25, 0.3) is 0 Å². The second-order valence-electron chi connectivity index (χ2n) is 3.97. The summed E-state index contributed by atoms with van der Waals surface area (Å²) >= 11 is 0. The van der Waals surface area contributed by atoms with E-state index in [0.717, 1.165) is 32.8 Å². The smallest absolute Gasteiger partial charge is 0.0928 e. The molecular formula is C12H28N2O3. The fourth-order valence-electron chi connectivity index (χ4n) is 1.46. The molecule has 0 rings (SSSR count). The lowest BCUT2D eigenvalue weighted by molar-refractivity contribution is 0.0290. The van der Waals surface area contributed by atoms with Crippen LogP contribution in [0.4, 0.5) is 0 Å². The van der Waals surface area contributed by atoms with E-state index in [4.69, 9.17) is 14.2 Å². The average Bonchev–Trinajstić information content (AvgIpc) is 2.35. The Morgan fingerprint density at radius 1 is 0.882 bits per heavy atom. The Morgan fingerprint density at radius 2 is 1.59 bits per heavy atom. The summed E-state index contributed by atoms with van der Waals surface area (Å²) in [5, 5.41) is 6.69. The maximum absolute atomic E-state index is 5.25. The van der Waals surface area contributed by atoms with Gasteiger partial charge in [-0.15, -0.1) is 0 Å². The summed E-state index contributed by atoms with van der Waals surface area (Å²) in [5.74, 6) is 0. The molecule has 0 radical (unpaired) electrons. The number of hydrogen-bond donors (Lipinski definition) is 2. The van der Waals surface area contributed by atoms with Crippen molar-refractivity contribution in [1.82, 2.24) is 10.6 Å². The van der Waals surface area contributed by atoms with Crippen molar-refractivity contribution in [2.24, 2.45) is 0 Å². The van der Waals surface area contributed by atoms with Crippen LogP contribution in [0.1, 0.15) is 12.8 Å². The summed E-state index contributed by atoms with van der Waals surface area (Å²) in [6, 6.07) is 0. The molecule has 0 heterocycles. The lowest BCUT2D eigenvalue weighted by Crippen LogP contribution is -2.32. The molecule has 0 saturated heterocycles. The zero-order valence-corrected chi connectivity index (χ0v) is 11.5. The van der Waals surface area contributed by atoms with Crippen molar-refractivity contribution in [2.45, 2.75) is 18.9 Å². The Labute approximate surface area is 105 Å². The molecule has 0 aliphatic rings. The molecule has 2 N–H and O–H groups in total. The van der Waals surface area contributed by atoms with Crippen LogP contribution in [0.3, 0.4) is 0 Å². The minimum Gasteiger partial charge on any atom is -0.383 e. The summed E-state index contributed by atoms with van der Waals surface area (Å²) in [4.78, 5) is 0. The van der Waals surface area contributed by atoms with E-state index in [1.807, 2.05) is 0 Å². The van der Waals surface area contributed by atoms with E-state index >= 15 is 0 Å². The van der Waals surface area contributed by atoms with E-state index < -0.39 is 0 Å². The SMILES string of the molecule is COCCNCCCCNCC(COC)OC. The van der Waals surface area contributed by atoms with Crippen molar-refractivity contribution < 1.29 is 14.2 Å². The van der Waals surface area contributed by atoms with Gasteiger partial charge in [-0.25, -0.2) is 0 Å². The van der Waals surface area contributed by atoms with Crippen LogP contribution in [0.25, 0.3) is 0 Å². The van der Waals surface area contributed by atoms with Crippen molar-refractivity contribution in [3.05, 3.63) is 0 Å². The van der Waals surface area contributed by atoms with E-state index in [1.165, 1.54) is 12.8 Å². The molecule has 0 spiro atoms. The number of methoxy groups -OCH3 is 3. The van der Waals surface area contributed by atoms with Gasteiger partial charge in [-0.05, 0) is 25.9 Å². The lowest BCUT2D eigenvalue weighted by Gasteiger charge is -2.14. The maximum Gasteiger partial charge on any atom is 0.0928 e. The van der Waals surface area contributed by atoms with Crippen molar-refractivity contribution in [3.63, 3.8) is 0 Å². The molecule has 0 aromatic rings. The van der Waals surface area contributed by atoms with E-state index in [0.29, 0.717) is 6.61 Å². The van der Waals surface area contributed by atoms with Crippen LogP contribution in [0, 0.1) is 0 Å². The number of hydrogen-bond acceptors (Lipinski definition) is 5. The van der Waals surface area contributed by atoms with Crippen LogP contribution < -0.4 is 10.6 Å². The zero-order valence-electron chi connectivity index (χ0n) is 11.5. The van der Waals surface area contributed by atoms with Gasteiger partial charge in [-0.2, -0.15) is 0 Å². The molecule has 104 valence electrons. The second kappa shape index (κ2) is 13.9. The zero-order chi connectivity index (χ0) is 12.8. The number of rotatable bonds is 13. The van der Waals surface area contributed by atoms with E-state index in [2.05, 4.69) is 10.6 Å². The highest BCUT2D eigenvalue weighted by molar-refractivity contribution is 4.60. The van der Waals surface area contributed by atoms with Crippen LogP contribution in [-0.2, 0) is 14.2 Å². The normalized spacial score (nSPS) is 12.9. The molecule has 0 bridgehead atoms. The minimum absolute atomic E-state index is 0.153. The summed E-state index contributed by atoms with van der Waals surface area (Å²) < 4.78 is 15.2. The van der Waals surface area contributed by atoms with Crippen LogP contribution in [0.2, 0.25) is 0 Å². The first-order valence-corrected chi connectivity index (χ1v) is 6.27. The molecule has 1 atom stereocenters. The van der Waals surface area contributed by atoms with Gasteiger partial charge in [-0.1, -0.05) is 0 Å². The van der Waals surface area contributed by atoms with Gasteiger partial charge < -0.3 is 24.8 Å². The van der Waals surface area contributed by atoms with E-state index in [1.54, 1.807) is 21.3 Å². The molecule has 0 aliphatic carbocycles. The van der Waals surface area contributed by atoms with Crippen LogP contribution in [-0.4, -0.2) is 66.8 Å². The largest absolute Gasteiger partial charge is 0.383 e.